The fourth-order valence-corrected chi connectivity index (χ4v) is 5.30. The van der Waals surface area contributed by atoms with Gasteiger partial charge in [-0.2, -0.15) is 0 Å². The lowest BCUT2D eigenvalue weighted by atomic mass is 9.96. The molecule has 3 N–H and O–H groups in total. The van der Waals surface area contributed by atoms with E-state index in [-0.39, 0.29) is 54.5 Å². The largest absolute Gasteiger partial charge is 0.375 e. The van der Waals surface area contributed by atoms with Crippen LogP contribution in [0.2, 0.25) is 0 Å². The lowest BCUT2D eigenvalue weighted by molar-refractivity contribution is -0.162. The Morgan fingerprint density at radius 3 is 2.42 bits per heavy atom. The maximum Gasteiger partial charge on any atom is 0.265 e. The summed E-state index contributed by atoms with van der Waals surface area (Å²) in [4.78, 5) is 45.8. The van der Waals surface area contributed by atoms with E-state index in [1.165, 1.54) is 5.01 Å². The van der Waals surface area contributed by atoms with Gasteiger partial charge in [0.25, 0.3) is 17.7 Å². The van der Waals surface area contributed by atoms with E-state index in [1.54, 1.807) is 19.0 Å². The van der Waals surface area contributed by atoms with Crippen LogP contribution in [0, 0.1) is 11.6 Å². The van der Waals surface area contributed by atoms with E-state index in [2.05, 4.69) is 21.0 Å². The molecule has 1 saturated carbocycles. The molecule has 4 unspecified atom stereocenters. The van der Waals surface area contributed by atoms with Gasteiger partial charge >= 0.3 is 0 Å². The second-order valence-electron chi connectivity index (χ2n) is 11.2. The Bertz CT molecular complexity index is 1210. The van der Waals surface area contributed by atoms with E-state index in [0.29, 0.717) is 38.5 Å². The number of aromatic nitrogens is 1. The molecule has 3 amide bonds. The van der Waals surface area contributed by atoms with Crippen molar-refractivity contribution in [2.24, 2.45) is 0 Å². The van der Waals surface area contributed by atoms with E-state index < -0.39 is 35.6 Å². The molecule has 4 atom stereocenters. The van der Waals surface area contributed by atoms with Crippen LogP contribution in [0.25, 0.3) is 0 Å². The van der Waals surface area contributed by atoms with Gasteiger partial charge in [0, 0.05) is 44.3 Å². The van der Waals surface area contributed by atoms with Gasteiger partial charge < -0.3 is 20.1 Å². The third kappa shape index (κ3) is 9.26. The molecular weight excluding hydrogens is 588 g/mol. The molecule has 1 aromatic heterocycles. The van der Waals surface area contributed by atoms with Crippen LogP contribution in [0.3, 0.4) is 0 Å². The highest BCUT2D eigenvalue weighted by molar-refractivity contribution is 6.10. The summed E-state index contributed by atoms with van der Waals surface area (Å²) in [6.07, 6.45) is 2.54. The van der Waals surface area contributed by atoms with E-state index in [1.807, 2.05) is 39.6 Å². The number of carbonyl (C=O) groups excluding carboxylic acids is 3. The average molecular weight is 638 g/mol. The second kappa shape index (κ2) is 17.0. The molecule has 3 aliphatic rings. The molecule has 4 rings (SSSR count). The van der Waals surface area contributed by atoms with Gasteiger partial charge in [-0.05, 0) is 39.5 Å². The molecule has 3 heterocycles. The molecule has 252 valence electrons. The Morgan fingerprint density at radius 1 is 1.09 bits per heavy atom. The Morgan fingerprint density at radius 2 is 1.80 bits per heavy atom. The fourth-order valence-electron chi connectivity index (χ4n) is 5.30. The number of pyridine rings is 1. The van der Waals surface area contributed by atoms with Crippen LogP contribution < -0.4 is 16.1 Å². The Labute approximate surface area is 264 Å². The highest BCUT2D eigenvalue weighted by Crippen LogP contribution is 2.27. The van der Waals surface area contributed by atoms with Crippen LogP contribution in [0.4, 0.5) is 14.6 Å². The number of rotatable bonds is 10. The van der Waals surface area contributed by atoms with Gasteiger partial charge in [0.2, 0.25) is 0 Å². The number of hydrazine groups is 2. The Kier molecular flexibility index (Phi) is 13.8. The number of hydrogen-bond acceptors (Lipinski definition) is 9. The van der Waals surface area contributed by atoms with Crippen molar-refractivity contribution in [1.29, 1.82) is 0 Å². The summed E-state index contributed by atoms with van der Waals surface area (Å²) >= 11 is 0. The van der Waals surface area contributed by atoms with E-state index >= 15 is 0 Å². The number of amides is 3. The second-order valence-corrected chi connectivity index (χ2v) is 11.2. The summed E-state index contributed by atoms with van der Waals surface area (Å²) in [6.45, 7) is 12.8. The van der Waals surface area contributed by atoms with E-state index in [4.69, 9.17) is 9.47 Å². The predicted molar refractivity (Wildman–Crippen MR) is 165 cm³/mol. The highest BCUT2D eigenvalue weighted by Gasteiger charge is 2.40. The van der Waals surface area contributed by atoms with Gasteiger partial charge in [-0.25, -0.2) is 23.8 Å². The SMILES string of the molecule is CC.CC/C1=C(/C(=O)Nc2cc(F)c(F)cn2)C(CC)OCCC(C(=O)NN2CCOC(C)C2C)N(N(C)CNC2CC2)C1=O. The first-order valence-electron chi connectivity index (χ1n) is 16.0. The third-order valence-electron chi connectivity index (χ3n) is 8.13. The van der Waals surface area contributed by atoms with Gasteiger partial charge in [-0.3, -0.25) is 24.8 Å². The van der Waals surface area contributed by atoms with Crippen LogP contribution in [0.1, 0.15) is 73.6 Å². The summed E-state index contributed by atoms with van der Waals surface area (Å²) in [5.74, 6) is -4.13. The quantitative estimate of drug-likeness (QED) is 0.332. The number of carbonyl (C=O) groups is 3. The first-order chi connectivity index (χ1) is 21.5. The monoisotopic (exact) mass is 637 g/mol. The van der Waals surface area contributed by atoms with Crippen molar-refractivity contribution < 1.29 is 32.6 Å². The lowest BCUT2D eigenvalue weighted by Gasteiger charge is -2.41. The van der Waals surface area contributed by atoms with Crippen LogP contribution in [0.5, 0.6) is 0 Å². The zero-order chi connectivity index (χ0) is 33.3. The summed E-state index contributed by atoms with van der Waals surface area (Å²) in [6, 6.07) is 0.0880. The third-order valence-corrected chi connectivity index (χ3v) is 8.13. The molecule has 0 aromatic carbocycles. The molecule has 0 spiro atoms. The predicted octanol–water partition coefficient (Wildman–Crippen LogP) is 3.12. The number of halogens is 2. The van der Waals surface area contributed by atoms with E-state index in [0.717, 1.165) is 18.9 Å². The van der Waals surface area contributed by atoms with Crippen molar-refractivity contribution in [2.45, 2.75) is 104 Å². The first kappa shape index (κ1) is 36.4. The Balaban J connectivity index is 0.00000271. The van der Waals surface area contributed by atoms with Gasteiger partial charge in [-0.15, -0.1) is 0 Å². The molecule has 2 fully saturated rings. The van der Waals surface area contributed by atoms with Gasteiger partial charge in [0.1, 0.15) is 11.9 Å². The zero-order valence-electron chi connectivity index (χ0n) is 27.5. The maximum atomic E-state index is 14.5. The van der Waals surface area contributed by atoms with Crippen molar-refractivity contribution >= 4 is 23.5 Å². The molecule has 1 saturated heterocycles. The van der Waals surface area contributed by atoms with Gasteiger partial charge in [0.05, 0.1) is 43.3 Å². The van der Waals surface area contributed by atoms with Gasteiger partial charge in [0.15, 0.2) is 11.6 Å². The average Bonchev–Trinajstić information content (AvgIpc) is 3.85. The van der Waals surface area contributed by atoms with Crippen LogP contribution in [-0.4, -0.2) is 102 Å². The molecule has 1 aromatic rings. The van der Waals surface area contributed by atoms with Gasteiger partial charge in [-0.1, -0.05) is 27.7 Å². The summed E-state index contributed by atoms with van der Waals surface area (Å²) in [7, 11) is 1.72. The number of ether oxygens (including phenoxy) is 2. The van der Waals surface area contributed by atoms with Crippen molar-refractivity contribution in [3.63, 3.8) is 0 Å². The molecular formula is C31H49F2N7O5. The van der Waals surface area contributed by atoms with Crippen molar-refractivity contribution in [1.82, 2.24) is 30.8 Å². The zero-order valence-corrected chi connectivity index (χ0v) is 27.5. The van der Waals surface area contributed by atoms with Crippen molar-refractivity contribution in [3.8, 4) is 0 Å². The van der Waals surface area contributed by atoms with Crippen molar-refractivity contribution in [2.75, 3.05) is 38.8 Å². The van der Waals surface area contributed by atoms with Crippen LogP contribution in [-0.2, 0) is 23.9 Å². The van der Waals surface area contributed by atoms with E-state index in [9.17, 15) is 23.2 Å². The fraction of sp³-hybridized carbons (Fsp3) is 0.677. The molecule has 12 nitrogen and oxygen atoms in total. The number of morpholine rings is 1. The molecule has 0 bridgehead atoms. The minimum absolute atomic E-state index is 0.0618. The highest BCUT2D eigenvalue weighted by atomic mass is 19.2. The number of hydrogen-bond donors (Lipinski definition) is 3. The maximum absolute atomic E-state index is 14.5. The Hall–Kier alpha value is -3.04. The molecule has 2 aliphatic heterocycles. The topological polar surface area (TPSA) is 128 Å². The van der Waals surface area contributed by atoms with Crippen LogP contribution in [0.15, 0.2) is 23.4 Å². The summed E-state index contributed by atoms with van der Waals surface area (Å²) in [5, 5.41) is 10.8. The number of nitrogens with zero attached hydrogens (tertiary/aromatic N) is 4. The molecule has 1 aliphatic carbocycles. The molecule has 0 radical (unpaired) electrons. The summed E-state index contributed by atoms with van der Waals surface area (Å²) in [5.41, 5.74) is 3.22. The first-order valence-corrected chi connectivity index (χ1v) is 16.0. The van der Waals surface area contributed by atoms with Crippen molar-refractivity contribution in [3.05, 3.63) is 35.0 Å². The normalized spacial score (nSPS) is 26.4. The number of anilines is 1. The molecule has 45 heavy (non-hydrogen) atoms. The minimum atomic E-state index is -1.17. The number of nitrogens with one attached hydrogen (secondary N) is 3. The summed E-state index contributed by atoms with van der Waals surface area (Å²) < 4.78 is 39.2. The van der Waals surface area contributed by atoms with Crippen LogP contribution >= 0.6 is 0 Å². The molecule has 14 heteroatoms. The smallest absolute Gasteiger partial charge is 0.265 e. The lowest BCUT2D eigenvalue weighted by Crippen LogP contribution is -2.63. The standard InChI is InChI=1S/C29H43F2N7O5.C2H6/c1-6-20-26(28(40)34-25-14-21(30)22(31)15-32-25)24(7-2)43-12-10-23(27(39)35-37-11-13-42-18(4)17(37)3)38(29(20)41)36(5)16-33-19-8-9-19;1-2/h14-15,17-19,23-24,33H,6-13,16H2,1-5H3,(H,35,39)(H,32,34,40);1-2H3/b26-20-;. The minimum Gasteiger partial charge on any atom is -0.375 e.